The van der Waals surface area contributed by atoms with Gasteiger partial charge in [0.25, 0.3) is 0 Å². The molecule has 0 saturated carbocycles. The van der Waals surface area contributed by atoms with Crippen LogP contribution >= 0.6 is 0 Å². The molecule has 0 radical (unpaired) electrons. The molecule has 0 aliphatic rings. The van der Waals surface area contributed by atoms with Crippen LogP contribution in [0.1, 0.15) is 43.0 Å². The summed E-state index contributed by atoms with van der Waals surface area (Å²) in [5, 5.41) is 0. The minimum absolute atomic E-state index is 0.417. The Hall–Kier alpha value is -2.42. The largest absolute Gasteiger partial charge is 0.386 e. The minimum Gasteiger partial charge on any atom is -0.386 e. The molecule has 0 saturated heterocycles. The summed E-state index contributed by atoms with van der Waals surface area (Å²) in [5.74, 6) is -1.21. The lowest BCUT2D eigenvalue weighted by atomic mass is 10.0. The highest BCUT2D eigenvalue weighted by atomic mass is 16.6. The second-order valence-electron chi connectivity index (χ2n) is 5.26. The van der Waals surface area contributed by atoms with Gasteiger partial charge >= 0.3 is 11.9 Å². The Morgan fingerprint density at radius 2 is 1.43 bits per heavy atom. The van der Waals surface area contributed by atoms with Crippen LogP contribution in [0.4, 0.5) is 0 Å². The zero-order valence-corrected chi connectivity index (χ0v) is 12.7. The highest BCUT2D eigenvalue weighted by molar-refractivity contribution is 6.04. The Balaban J connectivity index is 2.25. The number of carbonyl (C=O) groups excluding carboxylic acids is 2. The second kappa shape index (κ2) is 5.92. The summed E-state index contributed by atoms with van der Waals surface area (Å²) in [6, 6.07) is 10.9. The van der Waals surface area contributed by atoms with E-state index in [0.29, 0.717) is 11.1 Å². The van der Waals surface area contributed by atoms with Crippen LogP contribution in [0.25, 0.3) is 0 Å². The van der Waals surface area contributed by atoms with Crippen molar-refractivity contribution < 1.29 is 14.3 Å². The molecule has 0 aliphatic heterocycles. The molecule has 2 rings (SSSR count). The predicted molar refractivity (Wildman–Crippen MR) is 81.6 cm³/mol. The molecule has 21 heavy (non-hydrogen) atoms. The van der Waals surface area contributed by atoms with Gasteiger partial charge in [-0.1, -0.05) is 35.9 Å². The number of hydrogen-bond acceptors (Lipinski definition) is 3. The molecule has 3 nitrogen and oxygen atoms in total. The molecule has 0 aromatic heterocycles. The van der Waals surface area contributed by atoms with E-state index in [1.54, 1.807) is 6.07 Å². The van der Waals surface area contributed by atoms with Crippen molar-refractivity contribution in [2.24, 2.45) is 0 Å². The van der Waals surface area contributed by atoms with E-state index < -0.39 is 11.9 Å². The molecular formula is C18H18O3. The van der Waals surface area contributed by atoms with Crippen LogP contribution in [0.15, 0.2) is 36.4 Å². The van der Waals surface area contributed by atoms with Crippen LogP contribution in [0.5, 0.6) is 0 Å². The van der Waals surface area contributed by atoms with E-state index in [-0.39, 0.29) is 0 Å². The fraction of sp³-hybridized carbons (Fsp3) is 0.222. The quantitative estimate of drug-likeness (QED) is 0.619. The number of hydrogen-bond donors (Lipinski definition) is 0. The minimum atomic E-state index is -0.611. The Morgan fingerprint density at radius 3 is 2.00 bits per heavy atom. The van der Waals surface area contributed by atoms with Gasteiger partial charge in [-0.25, -0.2) is 9.59 Å². The highest BCUT2D eigenvalue weighted by Crippen LogP contribution is 2.17. The number of aryl methyl sites for hydroxylation is 4. The number of benzene rings is 2. The molecule has 0 amide bonds. The first-order valence-corrected chi connectivity index (χ1v) is 6.80. The molecule has 0 bridgehead atoms. The molecular weight excluding hydrogens is 264 g/mol. The van der Waals surface area contributed by atoms with Crippen LogP contribution in [-0.2, 0) is 4.74 Å². The second-order valence-corrected chi connectivity index (χ2v) is 5.26. The molecule has 0 atom stereocenters. The van der Waals surface area contributed by atoms with Crippen LogP contribution < -0.4 is 0 Å². The average molecular weight is 282 g/mol. The Morgan fingerprint density at radius 1 is 0.810 bits per heavy atom. The first kappa shape index (κ1) is 15.0. The molecule has 0 N–H and O–H groups in total. The SMILES string of the molecule is Cc1ccc(C(=O)OC(=O)c2c(C)cccc2C)c(C)c1. The van der Waals surface area contributed by atoms with Crippen molar-refractivity contribution in [2.75, 3.05) is 0 Å². The van der Waals surface area contributed by atoms with Gasteiger partial charge < -0.3 is 4.74 Å². The summed E-state index contributed by atoms with van der Waals surface area (Å²) in [6.45, 7) is 7.42. The van der Waals surface area contributed by atoms with E-state index in [0.717, 1.165) is 22.3 Å². The van der Waals surface area contributed by atoms with Gasteiger partial charge in [0.2, 0.25) is 0 Å². The molecule has 2 aromatic carbocycles. The normalized spacial score (nSPS) is 10.3. The standard InChI is InChI=1S/C18H18O3/c1-11-8-9-15(14(4)10-11)17(19)21-18(20)16-12(2)6-5-7-13(16)3/h5-10H,1-4H3. The van der Waals surface area contributed by atoms with Gasteiger partial charge in [0.1, 0.15) is 0 Å². The predicted octanol–water partition coefficient (Wildman–Crippen LogP) is 3.92. The fourth-order valence-corrected chi connectivity index (χ4v) is 2.37. The first-order valence-electron chi connectivity index (χ1n) is 6.80. The Bertz CT molecular complexity index is 694. The van der Waals surface area contributed by atoms with Crippen LogP contribution in [0.2, 0.25) is 0 Å². The molecule has 2 aromatic rings. The number of esters is 2. The molecule has 0 unspecified atom stereocenters. The summed E-state index contributed by atoms with van der Waals surface area (Å²) >= 11 is 0. The van der Waals surface area contributed by atoms with Crippen molar-refractivity contribution in [3.05, 3.63) is 69.8 Å². The van der Waals surface area contributed by atoms with Crippen molar-refractivity contribution in [3.8, 4) is 0 Å². The maximum absolute atomic E-state index is 12.2. The topological polar surface area (TPSA) is 43.4 Å². The molecule has 108 valence electrons. The Kier molecular flexibility index (Phi) is 4.22. The summed E-state index contributed by atoms with van der Waals surface area (Å²) in [7, 11) is 0. The van der Waals surface area contributed by atoms with E-state index in [1.807, 2.05) is 58.0 Å². The van der Waals surface area contributed by atoms with Gasteiger partial charge in [-0.05, 0) is 50.5 Å². The summed E-state index contributed by atoms with van der Waals surface area (Å²) in [6.07, 6.45) is 0. The van der Waals surface area contributed by atoms with Crippen molar-refractivity contribution in [2.45, 2.75) is 27.7 Å². The number of carbonyl (C=O) groups is 2. The number of rotatable bonds is 2. The molecule has 0 aliphatic carbocycles. The van der Waals surface area contributed by atoms with Crippen LogP contribution in [0.3, 0.4) is 0 Å². The summed E-state index contributed by atoms with van der Waals surface area (Å²) < 4.78 is 5.03. The summed E-state index contributed by atoms with van der Waals surface area (Å²) in [5.41, 5.74) is 4.33. The molecule has 3 heteroatoms. The average Bonchev–Trinajstić information content (AvgIpc) is 2.37. The van der Waals surface area contributed by atoms with E-state index in [2.05, 4.69) is 0 Å². The third-order valence-electron chi connectivity index (χ3n) is 3.47. The highest BCUT2D eigenvalue weighted by Gasteiger charge is 2.19. The van der Waals surface area contributed by atoms with Gasteiger partial charge in [-0.3, -0.25) is 0 Å². The van der Waals surface area contributed by atoms with Gasteiger partial charge in [0, 0.05) is 0 Å². The Labute approximate surface area is 124 Å². The summed E-state index contributed by atoms with van der Waals surface area (Å²) in [4.78, 5) is 24.3. The van der Waals surface area contributed by atoms with Gasteiger partial charge in [0.05, 0.1) is 11.1 Å². The van der Waals surface area contributed by atoms with Crippen LogP contribution in [-0.4, -0.2) is 11.9 Å². The van der Waals surface area contributed by atoms with E-state index in [9.17, 15) is 9.59 Å². The zero-order valence-electron chi connectivity index (χ0n) is 12.7. The number of ether oxygens (including phenoxy) is 1. The smallest absolute Gasteiger partial charge is 0.346 e. The van der Waals surface area contributed by atoms with Gasteiger partial charge in [-0.15, -0.1) is 0 Å². The third-order valence-corrected chi connectivity index (χ3v) is 3.47. The van der Waals surface area contributed by atoms with E-state index >= 15 is 0 Å². The van der Waals surface area contributed by atoms with Crippen molar-refractivity contribution in [3.63, 3.8) is 0 Å². The van der Waals surface area contributed by atoms with Crippen molar-refractivity contribution in [1.82, 2.24) is 0 Å². The lowest BCUT2D eigenvalue weighted by molar-refractivity contribution is 0.0396. The van der Waals surface area contributed by atoms with Crippen molar-refractivity contribution in [1.29, 1.82) is 0 Å². The lowest BCUT2D eigenvalue weighted by Crippen LogP contribution is -2.16. The van der Waals surface area contributed by atoms with Gasteiger partial charge in [0.15, 0.2) is 0 Å². The van der Waals surface area contributed by atoms with Crippen LogP contribution in [0, 0.1) is 27.7 Å². The maximum atomic E-state index is 12.2. The molecule has 0 heterocycles. The van der Waals surface area contributed by atoms with E-state index in [4.69, 9.17) is 4.74 Å². The van der Waals surface area contributed by atoms with E-state index in [1.165, 1.54) is 0 Å². The lowest BCUT2D eigenvalue weighted by Gasteiger charge is -2.10. The monoisotopic (exact) mass is 282 g/mol. The first-order chi connectivity index (χ1) is 9.90. The van der Waals surface area contributed by atoms with Crippen molar-refractivity contribution >= 4 is 11.9 Å². The molecule has 0 fully saturated rings. The maximum Gasteiger partial charge on any atom is 0.346 e. The fourth-order valence-electron chi connectivity index (χ4n) is 2.37. The zero-order chi connectivity index (χ0) is 15.6. The molecule has 0 spiro atoms. The third kappa shape index (κ3) is 3.19. The van der Waals surface area contributed by atoms with Gasteiger partial charge in [-0.2, -0.15) is 0 Å².